The SMILES string of the molecule is C#CC(Cc1cccc2ccccc12)(OC(C)=O)OC(C)=O. The van der Waals surface area contributed by atoms with E-state index < -0.39 is 17.7 Å². The smallest absolute Gasteiger partial charge is 0.325 e. The van der Waals surface area contributed by atoms with Crippen LogP contribution in [0.5, 0.6) is 0 Å². The van der Waals surface area contributed by atoms with Gasteiger partial charge in [0, 0.05) is 13.8 Å². The van der Waals surface area contributed by atoms with Crippen LogP contribution < -0.4 is 0 Å². The number of ether oxygens (including phenoxy) is 2. The van der Waals surface area contributed by atoms with Crippen molar-refractivity contribution < 1.29 is 19.1 Å². The summed E-state index contributed by atoms with van der Waals surface area (Å²) < 4.78 is 10.3. The lowest BCUT2D eigenvalue weighted by Crippen LogP contribution is -2.40. The summed E-state index contributed by atoms with van der Waals surface area (Å²) in [5, 5.41) is 1.99. The molecule has 2 aromatic rings. The van der Waals surface area contributed by atoms with E-state index in [9.17, 15) is 9.59 Å². The third-order valence-electron chi connectivity index (χ3n) is 3.14. The lowest BCUT2D eigenvalue weighted by Gasteiger charge is -2.27. The molecule has 2 rings (SSSR count). The first kappa shape index (κ1) is 15.6. The molecule has 22 heavy (non-hydrogen) atoms. The standard InChI is InChI=1S/C18H16O4/c1-4-18(21-13(2)19,22-14(3)20)12-16-10-7-9-15-8-5-6-11-17(15)16/h1,5-11H,12H2,2-3H3. The maximum atomic E-state index is 11.3. The van der Waals surface area contributed by atoms with Crippen LogP contribution in [-0.2, 0) is 25.5 Å². The van der Waals surface area contributed by atoms with E-state index in [1.807, 2.05) is 42.5 Å². The van der Waals surface area contributed by atoms with E-state index in [4.69, 9.17) is 15.9 Å². The molecule has 0 unspecified atom stereocenters. The van der Waals surface area contributed by atoms with E-state index in [0.717, 1.165) is 16.3 Å². The third-order valence-corrected chi connectivity index (χ3v) is 3.14. The highest BCUT2D eigenvalue weighted by molar-refractivity contribution is 5.86. The van der Waals surface area contributed by atoms with Gasteiger partial charge < -0.3 is 9.47 Å². The maximum absolute atomic E-state index is 11.3. The summed E-state index contributed by atoms with van der Waals surface area (Å²) in [4.78, 5) is 22.7. The fourth-order valence-corrected chi connectivity index (χ4v) is 2.36. The molecule has 0 fully saturated rings. The van der Waals surface area contributed by atoms with Crippen molar-refractivity contribution in [3.63, 3.8) is 0 Å². The number of carbonyl (C=O) groups is 2. The fourth-order valence-electron chi connectivity index (χ4n) is 2.36. The predicted octanol–water partition coefficient (Wildman–Crippen LogP) is 2.84. The van der Waals surface area contributed by atoms with E-state index >= 15 is 0 Å². The van der Waals surface area contributed by atoms with Crippen molar-refractivity contribution in [2.75, 3.05) is 0 Å². The third kappa shape index (κ3) is 3.44. The molecule has 0 saturated heterocycles. The molecular formula is C18H16O4. The Morgan fingerprint density at radius 1 is 1.05 bits per heavy atom. The van der Waals surface area contributed by atoms with Gasteiger partial charge in [-0.1, -0.05) is 42.5 Å². The summed E-state index contributed by atoms with van der Waals surface area (Å²) in [5.41, 5.74) is 0.832. The molecule has 2 aromatic carbocycles. The first-order chi connectivity index (χ1) is 10.5. The zero-order chi connectivity index (χ0) is 16.2. The normalized spacial score (nSPS) is 10.8. The number of carbonyl (C=O) groups excluding carboxylic acids is 2. The van der Waals surface area contributed by atoms with Crippen LogP contribution in [-0.4, -0.2) is 17.7 Å². The van der Waals surface area contributed by atoms with Crippen molar-refractivity contribution in [3.8, 4) is 12.3 Å². The van der Waals surface area contributed by atoms with Crippen molar-refractivity contribution >= 4 is 22.7 Å². The molecule has 0 spiro atoms. The van der Waals surface area contributed by atoms with Crippen LogP contribution in [0, 0.1) is 12.3 Å². The van der Waals surface area contributed by atoms with E-state index in [2.05, 4.69) is 5.92 Å². The Bertz CT molecular complexity index is 734. The average Bonchev–Trinajstić information content (AvgIpc) is 2.46. The van der Waals surface area contributed by atoms with Gasteiger partial charge in [0.2, 0.25) is 0 Å². The first-order valence-corrected chi connectivity index (χ1v) is 6.79. The molecule has 0 aliphatic rings. The number of benzene rings is 2. The zero-order valence-electron chi connectivity index (χ0n) is 12.5. The summed E-state index contributed by atoms with van der Waals surface area (Å²) in [5.74, 6) is -0.652. The number of terminal acetylenes is 1. The van der Waals surface area contributed by atoms with Crippen molar-refractivity contribution in [2.24, 2.45) is 0 Å². The lowest BCUT2D eigenvalue weighted by molar-refractivity contribution is -0.205. The Morgan fingerprint density at radius 2 is 1.64 bits per heavy atom. The van der Waals surface area contributed by atoms with E-state index in [1.165, 1.54) is 13.8 Å². The van der Waals surface area contributed by atoms with Crippen molar-refractivity contribution in [1.29, 1.82) is 0 Å². The highest BCUT2D eigenvalue weighted by atomic mass is 16.7. The highest BCUT2D eigenvalue weighted by Gasteiger charge is 2.36. The Kier molecular flexibility index (Phi) is 4.47. The topological polar surface area (TPSA) is 52.6 Å². The molecule has 0 heterocycles. The van der Waals surface area contributed by atoms with E-state index in [0.29, 0.717) is 0 Å². The molecule has 0 atom stereocenters. The second kappa shape index (κ2) is 6.31. The van der Waals surface area contributed by atoms with Crippen LogP contribution in [0.15, 0.2) is 42.5 Å². The Balaban J connectivity index is 2.47. The number of hydrogen-bond donors (Lipinski definition) is 0. The van der Waals surface area contributed by atoms with Gasteiger partial charge in [0.25, 0.3) is 0 Å². The molecule has 0 aromatic heterocycles. The second-order valence-electron chi connectivity index (χ2n) is 4.90. The lowest BCUT2D eigenvalue weighted by atomic mass is 9.98. The van der Waals surface area contributed by atoms with Crippen LogP contribution in [0.4, 0.5) is 0 Å². The summed E-state index contributed by atoms with van der Waals surface area (Å²) in [7, 11) is 0. The summed E-state index contributed by atoms with van der Waals surface area (Å²) in [6, 6.07) is 13.4. The molecule has 0 amide bonds. The minimum absolute atomic E-state index is 0.0873. The highest BCUT2D eigenvalue weighted by Crippen LogP contribution is 2.26. The van der Waals surface area contributed by atoms with Crippen LogP contribution >= 0.6 is 0 Å². The molecule has 4 nitrogen and oxygen atoms in total. The summed E-state index contributed by atoms with van der Waals surface area (Å²) in [6.07, 6.45) is 5.58. The molecule has 0 N–H and O–H groups in total. The van der Waals surface area contributed by atoms with Gasteiger partial charge in [-0.25, -0.2) is 0 Å². The minimum Gasteiger partial charge on any atom is -0.411 e. The number of rotatable bonds is 4. The van der Waals surface area contributed by atoms with Gasteiger partial charge in [-0.15, -0.1) is 6.42 Å². The molecule has 112 valence electrons. The quantitative estimate of drug-likeness (QED) is 0.494. The fraction of sp³-hybridized carbons (Fsp3) is 0.222. The number of hydrogen-bond acceptors (Lipinski definition) is 4. The van der Waals surface area contributed by atoms with Crippen molar-refractivity contribution in [1.82, 2.24) is 0 Å². The molecule has 4 heteroatoms. The van der Waals surface area contributed by atoms with Gasteiger partial charge in [-0.05, 0) is 22.3 Å². The average molecular weight is 296 g/mol. The maximum Gasteiger partial charge on any atom is 0.325 e. The van der Waals surface area contributed by atoms with Crippen LogP contribution in [0.1, 0.15) is 19.4 Å². The Hall–Kier alpha value is -2.80. The van der Waals surface area contributed by atoms with Gasteiger partial charge in [0.05, 0.1) is 6.42 Å². The Morgan fingerprint density at radius 3 is 2.23 bits per heavy atom. The van der Waals surface area contributed by atoms with Gasteiger partial charge in [-0.3, -0.25) is 9.59 Å². The van der Waals surface area contributed by atoms with Crippen molar-refractivity contribution in [2.45, 2.75) is 26.1 Å². The number of esters is 2. The van der Waals surface area contributed by atoms with Gasteiger partial charge >= 0.3 is 17.7 Å². The van der Waals surface area contributed by atoms with Crippen LogP contribution in [0.3, 0.4) is 0 Å². The van der Waals surface area contributed by atoms with Crippen molar-refractivity contribution in [3.05, 3.63) is 48.0 Å². The van der Waals surface area contributed by atoms with Crippen LogP contribution in [0.2, 0.25) is 0 Å². The minimum atomic E-state index is -1.73. The monoisotopic (exact) mass is 296 g/mol. The summed E-state index contributed by atoms with van der Waals surface area (Å²) in [6.45, 7) is 2.44. The Labute approximate surface area is 129 Å². The molecular weight excluding hydrogens is 280 g/mol. The van der Waals surface area contributed by atoms with Gasteiger partial charge in [0.1, 0.15) is 0 Å². The molecule has 0 aliphatic carbocycles. The molecule has 0 bridgehead atoms. The molecule has 0 radical (unpaired) electrons. The zero-order valence-corrected chi connectivity index (χ0v) is 12.5. The second-order valence-corrected chi connectivity index (χ2v) is 4.90. The first-order valence-electron chi connectivity index (χ1n) is 6.79. The molecule has 0 saturated carbocycles. The number of fused-ring (bicyclic) bond motifs is 1. The summed E-state index contributed by atoms with van der Waals surface area (Å²) >= 11 is 0. The van der Waals surface area contributed by atoms with Crippen LogP contribution in [0.25, 0.3) is 10.8 Å². The largest absolute Gasteiger partial charge is 0.411 e. The van der Waals surface area contributed by atoms with Gasteiger partial charge in [-0.2, -0.15) is 0 Å². The predicted molar refractivity (Wildman–Crippen MR) is 82.7 cm³/mol. The van der Waals surface area contributed by atoms with E-state index in [-0.39, 0.29) is 6.42 Å². The van der Waals surface area contributed by atoms with E-state index in [1.54, 1.807) is 0 Å². The van der Waals surface area contributed by atoms with Gasteiger partial charge in [0.15, 0.2) is 0 Å². The molecule has 0 aliphatic heterocycles.